The predicted molar refractivity (Wildman–Crippen MR) is 84.4 cm³/mol. The van der Waals surface area contributed by atoms with Crippen LogP contribution in [0.25, 0.3) is 0 Å². The Morgan fingerprint density at radius 2 is 2.30 bits per heavy atom. The Balaban J connectivity index is 2.05. The van der Waals surface area contributed by atoms with Crippen LogP contribution in [0.4, 0.5) is 5.13 Å². The van der Waals surface area contributed by atoms with E-state index in [1.54, 1.807) is 23.9 Å². The quantitative estimate of drug-likeness (QED) is 0.844. The van der Waals surface area contributed by atoms with E-state index < -0.39 is 0 Å². The first-order valence-electron chi connectivity index (χ1n) is 7.04. The number of thiazole rings is 1. The van der Waals surface area contributed by atoms with Crippen molar-refractivity contribution in [1.29, 1.82) is 0 Å². The van der Waals surface area contributed by atoms with E-state index >= 15 is 0 Å². The molecule has 0 aliphatic heterocycles. The van der Waals surface area contributed by atoms with Crippen molar-refractivity contribution in [3.05, 3.63) is 34.7 Å². The van der Waals surface area contributed by atoms with Crippen molar-refractivity contribution in [2.45, 2.75) is 39.8 Å². The van der Waals surface area contributed by atoms with Crippen LogP contribution >= 0.6 is 11.3 Å². The molecule has 2 aromatic rings. The van der Waals surface area contributed by atoms with Crippen LogP contribution in [-0.4, -0.2) is 18.6 Å². The number of nitrogens with zero attached hydrogens (tertiary/aromatic N) is 2. The zero-order chi connectivity index (χ0) is 14.5. The van der Waals surface area contributed by atoms with Crippen molar-refractivity contribution in [2.24, 2.45) is 0 Å². The number of rotatable bonds is 7. The van der Waals surface area contributed by atoms with Crippen LogP contribution in [0, 0.1) is 6.92 Å². The third-order valence-corrected chi connectivity index (χ3v) is 4.70. The summed E-state index contributed by atoms with van der Waals surface area (Å²) in [5, 5.41) is 4.58. The minimum Gasteiger partial charge on any atom is -0.472 e. The van der Waals surface area contributed by atoms with E-state index in [0.29, 0.717) is 6.04 Å². The second kappa shape index (κ2) is 6.90. The van der Waals surface area contributed by atoms with Crippen LogP contribution in [0.5, 0.6) is 0 Å². The molecule has 20 heavy (non-hydrogen) atoms. The molecule has 0 aliphatic rings. The molecule has 0 saturated carbocycles. The SMILES string of the molecule is CCCNC(C)c1sc(N(C)Cc2ccoc2)nc1C. The summed E-state index contributed by atoms with van der Waals surface area (Å²) < 4.78 is 5.11. The second-order valence-corrected chi connectivity index (χ2v) is 6.12. The molecule has 1 N–H and O–H groups in total. The van der Waals surface area contributed by atoms with Crippen molar-refractivity contribution >= 4 is 16.5 Å². The van der Waals surface area contributed by atoms with E-state index in [-0.39, 0.29) is 0 Å². The molecule has 0 bridgehead atoms. The Morgan fingerprint density at radius 3 is 2.95 bits per heavy atom. The molecule has 0 spiro atoms. The number of furan rings is 1. The third kappa shape index (κ3) is 3.61. The fourth-order valence-electron chi connectivity index (χ4n) is 2.14. The summed E-state index contributed by atoms with van der Waals surface area (Å²) in [6.45, 7) is 8.34. The van der Waals surface area contributed by atoms with E-state index in [9.17, 15) is 0 Å². The highest BCUT2D eigenvalue weighted by atomic mass is 32.1. The van der Waals surface area contributed by atoms with E-state index in [1.807, 2.05) is 6.07 Å². The summed E-state index contributed by atoms with van der Waals surface area (Å²) in [7, 11) is 2.07. The Labute approximate surface area is 124 Å². The molecular formula is C15H23N3OS. The van der Waals surface area contributed by atoms with E-state index in [0.717, 1.165) is 30.3 Å². The van der Waals surface area contributed by atoms with Crippen LogP contribution in [0.1, 0.15) is 42.4 Å². The third-order valence-electron chi connectivity index (χ3n) is 3.24. The largest absolute Gasteiger partial charge is 0.472 e. The molecule has 0 aromatic carbocycles. The normalized spacial score (nSPS) is 12.6. The van der Waals surface area contributed by atoms with Gasteiger partial charge in [-0.3, -0.25) is 0 Å². The number of hydrogen-bond acceptors (Lipinski definition) is 5. The van der Waals surface area contributed by atoms with Crippen molar-refractivity contribution in [2.75, 3.05) is 18.5 Å². The van der Waals surface area contributed by atoms with E-state index in [2.05, 4.69) is 38.0 Å². The lowest BCUT2D eigenvalue weighted by Gasteiger charge is -2.14. The van der Waals surface area contributed by atoms with Gasteiger partial charge in [0.1, 0.15) is 0 Å². The van der Waals surface area contributed by atoms with Gasteiger partial charge in [-0.25, -0.2) is 4.98 Å². The number of anilines is 1. The second-order valence-electron chi connectivity index (χ2n) is 5.11. The average molecular weight is 293 g/mol. The Bertz CT molecular complexity index is 521. The molecule has 0 saturated heterocycles. The van der Waals surface area contributed by atoms with Gasteiger partial charge in [0.25, 0.3) is 0 Å². The lowest BCUT2D eigenvalue weighted by atomic mass is 10.2. The molecule has 0 aliphatic carbocycles. The minimum absolute atomic E-state index is 0.364. The van der Waals surface area contributed by atoms with Crippen LogP contribution in [0.2, 0.25) is 0 Å². The molecule has 2 aromatic heterocycles. The Hall–Kier alpha value is -1.33. The molecule has 2 heterocycles. The molecule has 0 amide bonds. The van der Waals surface area contributed by atoms with E-state index in [1.165, 1.54) is 10.4 Å². The Kier molecular flexibility index (Phi) is 5.20. The summed E-state index contributed by atoms with van der Waals surface area (Å²) >= 11 is 1.77. The summed E-state index contributed by atoms with van der Waals surface area (Å²) in [4.78, 5) is 8.19. The highest BCUT2D eigenvalue weighted by Gasteiger charge is 2.16. The van der Waals surface area contributed by atoms with Crippen LogP contribution in [-0.2, 0) is 6.54 Å². The predicted octanol–water partition coefficient (Wildman–Crippen LogP) is 3.74. The maximum absolute atomic E-state index is 5.11. The van der Waals surface area contributed by atoms with Gasteiger partial charge in [0, 0.05) is 30.1 Å². The van der Waals surface area contributed by atoms with Crippen molar-refractivity contribution in [3.63, 3.8) is 0 Å². The highest BCUT2D eigenvalue weighted by Crippen LogP contribution is 2.30. The fraction of sp³-hybridized carbons (Fsp3) is 0.533. The van der Waals surface area contributed by atoms with Gasteiger partial charge < -0.3 is 14.6 Å². The molecule has 5 heteroatoms. The molecule has 0 radical (unpaired) electrons. The van der Waals surface area contributed by atoms with Crippen LogP contribution in [0.15, 0.2) is 23.0 Å². The first-order chi connectivity index (χ1) is 9.61. The summed E-state index contributed by atoms with van der Waals surface area (Å²) in [5.74, 6) is 0. The lowest BCUT2D eigenvalue weighted by molar-refractivity contribution is 0.563. The molecule has 0 fully saturated rings. The summed E-state index contributed by atoms with van der Waals surface area (Å²) in [6, 6.07) is 2.35. The van der Waals surface area contributed by atoms with Gasteiger partial charge in [0.05, 0.1) is 18.2 Å². The topological polar surface area (TPSA) is 41.3 Å². The maximum atomic E-state index is 5.11. The van der Waals surface area contributed by atoms with Gasteiger partial charge in [-0.2, -0.15) is 0 Å². The van der Waals surface area contributed by atoms with Crippen LogP contribution < -0.4 is 10.2 Å². The smallest absolute Gasteiger partial charge is 0.185 e. The monoisotopic (exact) mass is 293 g/mol. The maximum Gasteiger partial charge on any atom is 0.185 e. The average Bonchev–Trinajstić information content (AvgIpc) is 3.05. The van der Waals surface area contributed by atoms with Gasteiger partial charge in [-0.05, 0) is 32.9 Å². The molecular weight excluding hydrogens is 270 g/mol. The van der Waals surface area contributed by atoms with Crippen molar-refractivity contribution in [3.8, 4) is 0 Å². The number of nitrogens with one attached hydrogen (secondary N) is 1. The number of hydrogen-bond donors (Lipinski definition) is 1. The molecule has 4 nitrogen and oxygen atoms in total. The number of aromatic nitrogens is 1. The zero-order valence-corrected chi connectivity index (χ0v) is 13.5. The first-order valence-corrected chi connectivity index (χ1v) is 7.86. The minimum atomic E-state index is 0.364. The van der Waals surface area contributed by atoms with Gasteiger partial charge in [-0.1, -0.05) is 6.92 Å². The standard InChI is InChI=1S/C15H23N3OS/c1-5-7-16-11(2)14-12(3)17-15(20-14)18(4)9-13-6-8-19-10-13/h6,8,10-11,16H,5,7,9H2,1-4H3. The van der Waals surface area contributed by atoms with Crippen molar-refractivity contribution in [1.82, 2.24) is 10.3 Å². The zero-order valence-electron chi connectivity index (χ0n) is 12.6. The lowest BCUT2D eigenvalue weighted by Crippen LogP contribution is -2.18. The van der Waals surface area contributed by atoms with Gasteiger partial charge in [0.15, 0.2) is 5.13 Å². The highest BCUT2D eigenvalue weighted by molar-refractivity contribution is 7.15. The molecule has 1 atom stereocenters. The summed E-state index contributed by atoms with van der Waals surface area (Å²) in [5.41, 5.74) is 2.29. The molecule has 2 rings (SSSR count). The van der Waals surface area contributed by atoms with Gasteiger partial charge in [-0.15, -0.1) is 11.3 Å². The fourth-order valence-corrected chi connectivity index (χ4v) is 3.19. The molecule has 110 valence electrons. The summed E-state index contributed by atoms with van der Waals surface area (Å²) in [6.07, 6.45) is 4.64. The van der Waals surface area contributed by atoms with E-state index in [4.69, 9.17) is 9.40 Å². The number of aryl methyl sites for hydroxylation is 1. The van der Waals surface area contributed by atoms with Crippen LogP contribution in [0.3, 0.4) is 0 Å². The first kappa shape index (κ1) is 15.1. The molecule has 1 unspecified atom stereocenters. The van der Waals surface area contributed by atoms with Gasteiger partial charge >= 0.3 is 0 Å². The van der Waals surface area contributed by atoms with Gasteiger partial charge in [0.2, 0.25) is 0 Å². The van der Waals surface area contributed by atoms with Crippen molar-refractivity contribution < 1.29 is 4.42 Å². The Morgan fingerprint density at radius 1 is 1.50 bits per heavy atom.